The summed E-state index contributed by atoms with van der Waals surface area (Å²) < 4.78 is 40.0. The predicted octanol–water partition coefficient (Wildman–Crippen LogP) is 4.30. The summed E-state index contributed by atoms with van der Waals surface area (Å²) in [5, 5.41) is 19.0. The van der Waals surface area contributed by atoms with E-state index in [4.69, 9.17) is 5.26 Å². The van der Waals surface area contributed by atoms with E-state index < -0.39 is 11.7 Å². The lowest BCUT2D eigenvalue weighted by atomic mass is 9.71. The number of halogens is 3. The van der Waals surface area contributed by atoms with Crippen LogP contribution < -0.4 is 4.90 Å². The summed E-state index contributed by atoms with van der Waals surface area (Å²) in [5.74, 6) is -0.0795. The van der Waals surface area contributed by atoms with Crippen LogP contribution in [0.5, 0.6) is 0 Å². The molecule has 1 aromatic carbocycles. The van der Waals surface area contributed by atoms with Gasteiger partial charge in [0.25, 0.3) is 5.91 Å². The molecule has 3 heterocycles. The summed E-state index contributed by atoms with van der Waals surface area (Å²) in [6, 6.07) is 9.17. The molecule has 0 aliphatic carbocycles. The molecule has 32 heavy (non-hydrogen) atoms. The van der Waals surface area contributed by atoms with E-state index in [9.17, 15) is 23.1 Å². The fourth-order valence-corrected chi connectivity index (χ4v) is 5.82. The smallest absolute Gasteiger partial charge is 0.396 e. The first-order valence-corrected chi connectivity index (χ1v) is 11.3. The van der Waals surface area contributed by atoms with Crippen molar-refractivity contribution in [1.29, 1.82) is 5.26 Å². The zero-order valence-electron chi connectivity index (χ0n) is 17.7. The van der Waals surface area contributed by atoms with Gasteiger partial charge in [-0.2, -0.15) is 18.4 Å². The van der Waals surface area contributed by atoms with Gasteiger partial charge >= 0.3 is 6.18 Å². The number of rotatable bonds is 3. The number of thiophene rings is 1. The molecule has 2 aliphatic rings. The average Bonchev–Trinajstić information content (AvgIpc) is 3.36. The van der Waals surface area contributed by atoms with Gasteiger partial charge < -0.3 is 14.9 Å². The average molecular weight is 464 g/mol. The normalized spacial score (nSPS) is 20.6. The maximum atomic E-state index is 13.3. The van der Waals surface area contributed by atoms with Crippen LogP contribution in [0.3, 0.4) is 0 Å². The number of carbonyl (C=O) groups is 1. The predicted molar refractivity (Wildman–Crippen MR) is 116 cm³/mol. The minimum Gasteiger partial charge on any atom is -0.396 e. The van der Waals surface area contributed by atoms with Crippen LogP contribution in [0.2, 0.25) is 0 Å². The number of piperidine rings is 1. The number of amides is 1. The third kappa shape index (κ3) is 4.09. The van der Waals surface area contributed by atoms with Gasteiger partial charge in [-0.3, -0.25) is 4.79 Å². The van der Waals surface area contributed by atoms with Gasteiger partial charge in [-0.15, -0.1) is 11.3 Å². The number of benzene rings is 1. The Morgan fingerprint density at radius 1 is 1.28 bits per heavy atom. The minimum atomic E-state index is -4.59. The van der Waals surface area contributed by atoms with Gasteiger partial charge in [-0.05, 0) is 55.5 Å². The molecule has 2 saturated heterocycles. The molecule has 1 atom stereocenters. The molecule has 0 bridgehead atoms. The molecule has 9 heteroatoms. The fourth-order valence-electron chi connectivity index (χ4n) is 4.98. The standard InChI is InChI=1S/C23H24F3N3O2S/c1-15-2-5-20(32-15)21(31)29-12-17(13-30)22(14-29)6-8-28(9-7-22)18-4-3-16(11-27)19(10-18)23(24,25)26/h2-5,10,17,30H,6-9,12-14H2,1H3. The number of alkyl halides is 3. The molecule has 1 unspecified atom stereocenters. The summed E-state index contributed by atoms with van der Waals surface area (Å²) in [5.41, 5.74) is -1.11. The van der Waals surface area contributed by atoms with Crippen molar-refractivity contribution in [2.75, 3.05) is 37.7 Å². The number of aliphatic hydroxyl groups excluding tert-OH is 1. The zero-order valence-corrected chi connectivity index (χ0v) is 18.5. The highest BCUT2D eigenvalue weighted by atomic mass is 32.1. The number of nitriles is 1. The number of nitrogens with zero attached hydrogens (tertiary/aromatic N) is 3. The summed E-state index contributed by atoms with van der Waals surface area (Å²) in [4.78, 5) is 18.4. The Morgan fingerprint density at radius 3 is 2.56 bits per heavy atom. The molecule has 0 radical (unpaired) electrons. The lowest BCUT2D eigenvalue weighted by Crippen LogP contribution is -2.45. The molecular weight excluding hydrogens is 439 g/mol. The van der Waals surface area contributed by atoms with E-state index in [0.29, 0.717) is 49.6 Å². The maximum absolute atomic E-state index is 13.3. The summed E-state index contributed by atoms with van der Waals surface area (Å²) in [6.07, 6.45) is -3.24. The van der Waals surface area contributed by atoms with Crippen LogP contribution in [0, 0.1) is 29.6 Å². The number of carbonyl (C=O) groups excluding carboxylic acids is 1. The lowest BCUT2D eigenvalue weighted by molar-refractivity contribution is -0.137. The van der Waals surface area contributed by atoms with E-state index in [-0.39, 0.29) is 29.4 Å². The van der Waals surface area contributed by atoms with Crippen molar-refractivity contribution in [3.8, 4) is 6.07 Å². The Balaban J connectivity index is 1.50. The highest BCUT2D eigenvalue weighted by Crippen LogP contribution is 2.46. The molecular formula is C23H24F3N3O2S. The first kappa shape index (κ1) is 22.6. The summed E-state index contributed by atoms with van der Waals surface area (Å²) in [7, 11) is 0. The number of anilines is 1. The lowest BCUT2D eigenvalue weighted by Gasteiger charge is -2.43. The largest absolute Gasteiger partial charge is 0.417 e. The molecule has 1 N–H and O–H groups in total. The van der Waals surface area contributed by atoms with E-state index >= 15 is 0 Å². The topological polar surface area (TPSA) is 67.6 Å². The Kier molecular flexibility index (Phi) is 5.94. The van der Waals surface area contributed by atoms with E-state index in [0.717, 1.165) is 10.9 Å². The minimum absolute atomic E-state index is 0.0252. The molecule has 1 aromatic heterocycles. The molecule has 0 saturated carbocycles. The van der Waals surface area contributed by atoms with Gasteiger partial charge in [0.2, 0.25) is 0 Å². The van der Waals surface area contributed by atoms with Crippen LogP contribution in [-0.2, 0) is 6.18 Å². The van der Waals surface area contributed by atoms with Crippen LogP contribution in [0.25, 0.3) is 0 Å². The Labute approximate surface area is 188 Å². The van der Waals surface area contributed by atoms with Crippen molar-refractivity contribution >= 4 is 22.9 Å². The van der Waals surface area contributed by atoms with E-state index in [1.807, 2.05) is 28.9 Å². The maximum Gasteiger partial charge on any atom is 0.417 e. The molecule has 4 rings (SSSR count). The van der Waals surface area contributed by atoms with E-state index in [2.05, 4.69) is 0 Å². The van der Waals surface area contributed by atoms with Crippen LogP contribution in [-0.4, -0.2) is 48.7 Å². The van der Waals surface area contributed by atoms with Gasteiger partial charge in [0.05, 0.1) is 22.1 Å². The highest BCUT2D eigenvalue weighted by molar-refractivity contribution is 7.13. The molecule has 1 spiro atoms. The molecule has 2 aromatic rings. The second-order valence-corrected chi connectivity index (χ2v) is 9.95. The van der Waals surface area contributed by atoms with Crippen molar-refractivity contribution < 1.29 is 23.1 Å². The third-order valence-electron chi connectivity index (χ3n) is 6.82. The number of hydrogen-bond donors (Lipinski definition) is 1. The number of aryl methyl sites for hydroxylation is 1. The summed E-state index contributed by atoms with van der Waals surface area (Å²) in [6.45, 7) is 4.01. The van der Waals surface area contributed by atoms with Gasteiger partial charge in [0.1, 0.15) is 0 Å². The van der Waals surface area contributed by atoms with Gasteiger partial charge in [-0.1, -0.05) is 0 Å². The van der Waals surface area contributed by atoms with Gasteiger partial charge in [-0.25, -0.2) is 0 Å². The number of likely N-dealkylation sites (tertiary alicyclic amines) is 1. The van der Waals surface area contributed by atoms with Crippen LogP contribution >= 0.6 is 11.3 Å². The zero-order chi connectivity index (χ0) is 23.1. The molecule has 170 valence electrons. The van der Waals surface area contributed by atoms with Crippen LogP contribution in [0.4, 0.5) is 18.9 Å². The van der Waals surface area contributed by atoms with Crippen LogP contribution in [0.1, 0.15) is 38.5 Å². The fraction of sp³-hybridized carbons (Fsp3) is 0.478. The second kappa shape index (κ2) is 8.41. The van der Waals surface area contributed by atoms with Crippen molar-refractivity contribution in [3.63, 3.8) is 0 Å². The van der Waals surface area contributed by atoms with Crippen molar-refractivity contribution in [2.45, 2.75) is 25.9 Å². The second-order valence-electron chi connectivity index (χ2n) is 8.66. The first-order chi connectivity index (χ1) is 15.2. The molecule has 5 nitrogen and oxygen atoms in total. The van der Waals surface area contributed by atoms with Crippen molar-refractivity contribution in [3.05, 3.63) is 51.2 Å². The van der Waals surface area contributed by atoms with Crippen molar-refractivity contribution in [1.82, 2.24) is 4.90 Å². The monoisotopic (exact) mass is 463 g/mol. The van der Waals surface area contributed by atoms with Crippen molar-refractivity contribution in [2.24, 2.45) is 11.3 Å². The SMILES string of the molecule is Cc1ccc(C(=O)N2CC(CO)C3(CCN(c4ccc(C#N)c(C(F)(F)F)c4)CC3)C2)s1. The quantitative estimate of drug-likeness (QED) is 0.737. The highest BCUT2D eigenvalue weighted by Gasteiger charge is 2.49. The first-order valence-electron chi connectivity index (χ1n) is 10.5. The molecule has 2 fully saturated rings. The third-order valence-corrected chi connectivity index (χ3v) is 7.81. The summed E-state index contributed by atoms with van der Waals surface area (Å²) >= 11 is 1.45. The number of aliphatic hydroxyl groups is 1. The Bertz CT molecular complexity index is 1050. The van der Waals surface area contributed by atoms with Gasteiger partial charge in [0, 0.05) is 49.3 Å². The number of hydrogen-bond acceptors (Lipinski definition) is 5. The molecule has 2 aliphatic heterocycles. The van der Waals surface area contributed by atoms with E-state index in [1.165, 1.54) is 17.4 Å². The molecule has 1 amide bonds. The van der Waals surface area contributed by atoms with E-state index in [1.54, 1.807) is 12.1 Å². The Hall–Kier alpha value is -2.57. The van der Waals surface area contributed by atoms with Crippen LogP contribution in [0.15, 0.2) is 30.3 Å². The van der Waals surface area contributed by atoms with Gasteiger partial charge in [0.15, 0.2) is 0 Å². The Morgan fingerprint density at radius 2 is 2.00 bits per heavy atom.